The van der Waals surface area contributed by atoms with E-state index in [9.17, 15) is 30.3 Å². The Hall–Kier alpha value is -4.82. The van der Waals surface area contributed by atoms with Crippen LogP contribution in [0.25, 0.3) is 0 Å². The molecule has 63 heavy (non-hydrogen) atoms. The molecule has 1 spiro atoms. The number of ether oxygens (including phenoxy) is 3. The number of carbonyl (C=O) groups is 2. The second-order valence-corrected chi connectivity index (χ2v) is 22.8. The maximum Gasteiger partial charge on any atom is 0.264 e. The molecule has 10 atom stereocenters. The first-order valence-corrected chi connectivity index (χ1v) is 24.8. The number of nitrogens with zero attached hydrogens (tertiary/aromatic N) is 4. The molecule has 3 aliphatic rings. The lowest BCUT2D eigenvalue weighted by molar-refractivity contribution is -0.274. The van der Waals surface area contributed by atoms with E-state index in [-0.39, 0.29) is 42.5 Å². The summed E-state index contributed by atoms with van der Waals surface area (Å²) in [5, 5.41) is 63.6. The number of fused-ring (bicyclic) bond motifs is 2. The van der Waals surface area contributed by atoms with Gasteiger partial charge < -0.3 is 50.0 Å². The Kier molecular flexibility index (Phi) is 12.8. The van der Waals surface area contributed by atoms with Crippen LogP contribution >= 0.6 is 15.9 Å². The molecule has 0 bridgehead atoms. The molecule has 2 amide bonds. The van der Waals surface area contributed by atoms with E-state index < -0.39 is 50.3 Å². The second-order valence-electron chi connectivity index (χ2n) is 17.2. The van der Waals surface area contributed by atoms with Gasteiger partial charge in [-0.1, -0.05) is 101 Å². The van der Waals surface area contributed by atoms with Crippen molar-refractivity contribution in [3.8, 4) is 5.75 Å². The molecule has 5 aromatic rings. The maximum atomic E-state index is 15.4. The van der Waals surface area contributed by atoms with E-state index in [1.54, 1.807) is 34.9 Å². The van der Waals surface area contributed by atoms with E-state index >= 15 is 4.79 Å². The molecule has 0 radical (unpaired) electrons. The van der Waals surface area contributed by atoms with E-state index in [2.05, 4.69) is 63.7 Å². The molecule has 332 valence electrons. The number of aliphatic hydroxyl groups excluding tert-OH is 5. The van der Waals surface area contributed by atoms with Crippen LogP contribution in [0.1, 0.15) is 41.6 Å². The zero-order chi connectivity index (χ0) is 44.8. The van der Waals surface area contributed by atoms with Gasteiger partial charge in [-0.15, -0.1) is 5.10 Å². The Morgan fingerprint density at radius 1 is 0.968 bits per heavy atom. The molecule has 3 aliphatic heterocycles. The molecule has 4 aromatic carbocycles. The quantitative estimate of drug-likeness (QED) is 0.0934. The van der Waals surface area contributed by atoms with E-state index in [1.807, 2.05) is 72.9 Å². The third kappa shape index (κ3) is 8.26. The first kappa shape index (κ1) is 44.8. The standard InChI is InChI=1S/C46H52BrN5O10Si/c1-26-42(63(3,4)32-16-14-31(60-2)15-17-32)37(19-20-51-24-35(49-50-51)33(25-53)28-10-6-5-7-11-28)62-46(26)34-22-29(47)13-18-36(34)52(45(46)59)23-27-9-8-12-30(21-27)48-43(57)41-39(55)38(54)40(56)44(58)61-41/h5-18,21-22,24,26,33,37-42,44,53-56,58H,19-20,23,25H2,1-4H3,(H,48,57)/t26-,33?,37+,38+,39+,40-,41+,42-,44-,46+/m1/s1. The van der Waals surface area contributed by atoms with Crippen molar-refractivity contribution in [2.45, 2.75) is 93.4 Å². The highest BCUT2D eigenvalue weighted by Gasteiger charge is 2.66. The summed E-state index contributed by atoms with van der Waals surface area (Å²) >= 11 is 3.68. The number of benzene rings is 4. The molecule has 6 N–H and O–H groups in total. The molecule has 8 rings (SSSR count). The number of aryl methyl sites for hydroxylation is 1. The number of nitrogens with one attached hydrogen (secondary N) is 1. The summed E-state index contributed by atoms with van der Waals surface area (Å²) in [5.41, 5.74) is 2.66. The van der Waals surface area contributed by atoms with E-state index in [1.165, 1.54) is 5.19 Å². The normalized spacial score (nSPS) is 27.4. The highest BCUT2D eigenvalue weighted by atomic mass is 79.9. The summed E-state index contributed by atoms with van der Waals surface area (Å²) in [6, 6.07) is 30.6. The highest BCUT2D eigenvalue weighted by Crippen LogP contribution is 2.60. The molecular weight excluding hydrogens is 891 g/mol. The van der Waals surface area contributed by atoms with Gasteiger partial charge in [0.05, 0.1) is 51.7 Å². The van der Waals surface area contributed by atoms with Gasteiger partial charge in [-0.3, -0.25) is 14.3 Å². The summed E-state index contributed by atoms with van der Waals surface area (Å²) in [7, 11) is -0.830. The van der Waals surface area contributed by atoms with Gasteiger partial charge in [-0.05, 0) is 65.6 Å². The van der Waals surface area contributed by atoms with Crippen LogP contribution in [0.3, 0.4) is 0 Å². The number of aliphatic hydroxyl groups is 5. The first-order chi connectivity index (χ1) is 30.2. The monoisotopic (exact) mass is 941 g/mol. The van der Waals surface area contributed by atoms with Gasteiger partial charge in [0.2, 0.25) is 0 Å². The van der Waals surface area contributed by atoms with Gasteiger partial charge in [-0.25, -0.2) is 0 Å². The van der Waals surface area contributed by atoms with E-state index in [0.29, 0.717) is 35.6 Å². The molecule has 1 aromatic heterocycles. The third-order valence-corrected chi connectivity index (χ3v) is 18.0. The summed E-state index contributed by atoms with van der Waals surface area (Å²) in [6.07, 6.45) is -6.86. The van der Waals surface area contributed by atoms with E-state index in [0.717, 1.165) is 21.3 Å². The van der Waals surface area contributed by atoms with Crippen LogP contribution in [0, 0.1) is 5.92 Å². The van der Waals surface area contributed by atoms with Crippen molar-refractivity contribution in [2.24, 2.45) is 5.92 Å². The predicted molar refractivity (Wildman–Crippen MR) is 239 cm³/mol. The minimum Gasteiger partial charge on any atom is -0.497 e. The van der Waals surface area contributed by atoms with Gasteiger partial charge in [0, 0.05) is 34.4 Å². The van der Waals surface area contributed by atoms with Gasteiger partial charge in [0.25, 0.3) is 11.8 Å². The van der Waals surface area contributed by atoms with Crippen LogP contribution in [0.2, 0.25) is 18.6 Å². The van der Waals surface area contributed by atoms with Gasteiger partial charge in [0.15, 0.2) is 18.0 Å². The topological polar surface area (TPSA) is 209 Å². The summed E-state index contributed by atoms with van der Waals surface area (Å²) in [5.74, 6) is -0.895. The molecule has 0 saturated carbocycles. The number of anilines is 2. The number of methoxy groups -OCH3 is 1. The first-order valence-electron chi connectivity index (χ1n) is 21.0. The number of carbonyl (C=O) groups excluding carboxylic acids is 2. The fourth-order valence-corrected chi connectivity index (χ4v) is 14.3. The predicted octanol–water partition coefficient (Wildman–Crippen LogP) is 3.76. The Balaban J connectivity index is 1.10. The average molecular weight is 943 g/mol. The molecule has 15 nitrogen and oxygen atoms in total. The molecule has 2 saturated heterocycles. The van der Waals surface area contributed by atoms with Crippen molar-refractivity contribution in [1.29, 1.82) is 0 Å². The number of hydrogen-bond donors (Lipinski definition) is 6. The lowest BCUT2D eigenvalue weighted by Gasteiger charge is -2.37. The minimum absolute atomic E-state index is 0.0480. The Morgan fingerprint density at radius 2 is 1.71 bits per heavy atom. The smallest absolute Gasteiger partial charge is 0.264 e. The Bertz CT molecular complexity index is 2440. The Morgan fingerprint density at radius 3 is 2.43 bits per heavy atom. The summed E-state index contributed by atoms with van der Waals surface area (Å²) < 4.78 is 20.5. The van der Waals surface area contributed by atoms with Gasteiger partial charge in [-0.2, -0.15) is 0 Å². The zero-order valence-electron chi connectivity index (χ0n) is 35.3. The van der Waals surface area contributed by atoms with Crippen LogP contribution in [0.5, 0.6) is 5.75 Å². The Labute approximate surface area is 374 Å². The lowest BCUT2D eigenvalue weighted by Crippen LogP contribution is -2.60. The number of rotatable bonds is 13. The number of halogens is 1. The van der Waals surface area contributed by atoms with Crippen LogP contribution in [0.4, 0.5) is 11.4 Å². The molecular formula is C46H52BrN5O10Si. The van der Waals surface area contributed by atoms with Crippen molar-refractivity contribution >= 4 is 52.4 Å². The minimum atomic E-state index is -2.47. The average Bonchev–Trinajstić information content (AvgIpc) is 3.94. The fourth-order valence-electron chi connectivity index (χ4n) is 9.83. The van der Waals surface area contributed by atoms with Crippen molar-refractivity contribution in [1.82, 2.24) is 15.0 Å². The largest absolute Gasteiger partial charge is 0.497 e. The van der Waals surface area contributed by atoms with Crippen molar-refractivity contribution in [3.63, 3.8) is 0 Å². The van der Waals surface area contributed by atoms with Crippen LogP contribution < -0.4 is 20.1 Å². The summed E-state index contributed by atoms with van der Waals surface area (Å²) in [6.45, 7) is 7.24. The molecule has 0 aliphatic carbocycles. The van der Waals surface area contributed by atoms with Crippen molar-refractivity contribution in [3.05, 3.63) is 130 Å². The molecule has 17 heteroatoms. The zero-order valence-corrected chi connectivity index (χ0v) is 37.9. The van der Waals surface area contributed by atoms with E-state index in [4.69, 9.17) is 14.2 Å². The highest BCUT2D eigenvalue weighted by molar-refractivity contribution is 9.10. The number of hydrogen-bond acceptors (Lipinski definition) is 12. The number of aromatic nitrogens is 3. The fraction of sp³-hybridized carbons (Fsp3) is 0.391. The van der Waals surface area contributed by atoms with Crippen LogP contribution in [0.15, 0.2) is 108 Å². The molecule has 1 unspecified atom stereocenters. The van der Waals surface area contributed by atoms with Crippen LogP contribution in [-0.2, 0) is 37.8 Å². The third-order valence-electron chi connectivity index (χ3n) is 13.1. The maximum absolute atomic E-state index is 15.4. The van der Waals surface area contributed by atoms with Gasteiger partial charge >= 0.3 is 0 Å². The SMILES string of the molecule is COc1ccc([Si](C)(C)[C@H]2[C@H](CCn3cc(C(CO)c4ccccc4)nn3)O[C@@]3(C(=O)N(Cc4cccc(NC(=O)[C@H]5O[C@@H](O)[C@H](O)[C@@H](O)[C@@H]5O)c4)c4ccc(Br)cc43)[C@@H]2C)cc1. The van der Waals surface area contributed by atoms with Gasteiger partial charge in [0.1, 0.15) is 24.1 Å². The number of amides is 2. The van der Waals surface area contributed by atoms with Crippen molar-refractivity contribution in [2.75, 3.05) is 23.9 Å². The lowest BCUT2D eigenvalue weighted by atomic mass is 9.82. The molecule has 2 fully saturated rings. The second kappa shape index (κ2) is 18.0. The summed E-state index contributed by atoms with van der Waals surface area (Å²) in [4.78, 5) is 30.3. The molecule has 4 heterocycles. The van der Waals surface area contributed by atoms with Crippen LogP contribution in [-0.4, -0.2) is 111 Å². The van der Waals surface area contributed by atoms with Crippen molar-refractivity contribution < 1.29 is 49.3 Å².